The van der Waals surface area contributed by atoms with Crippen molar-refractivity contribution < 1.29 is 17.9 Å². The fourth-order valence-electron chi connectivity index (χ4n) is 3.06. The van der Waals surface area contributed by atoms with E-state index in [1.807, 2.05) is 0 Å². The molecular weight excluding hydrogens is 357 g/mol. The number of alkyl halides is 2. The van der Waals surface area contributed by atoms with Crippen molar-refractivity contribution in [1.82, 2.24) is 9.97 Å². The van der Waals surface area contributed by atoms with E-state index in [0.29, 0.717) is 36.4 Å². The zero-order chi connectivity index (χ0) is 19.4. The van der Waals surface area contributed by atoms with Gasteiger partial charge in [0.25, 0.3) is 6.43 Å². The van der Waals surface area contributed by atoms with Gasteiger partial charge in [0.2, 0.25) is 0 Å². The lowest BCUT2D eigenvalue weighted by Crippen LogP contribution is -2.18. The lowest BCUT2D eigenvalue weighted by atomic mass is 10.0. The molecule has 1 fully saturated rings. The Labute approximate surface area is 156 Å². The predicted molar refractivity (Wildman–Crippen MR) is 97.6 cm³/mol. The van der Waals surface area contributed by atoms with Crippen molar-refractivity contribution in [2.45, 2.75) is 32.7 Å². The van der Waals surface area contributed by atoms with Gasteiger partial charge < -0.3 is 15.4 Å². The highest BCUT2D eigenvalue weighted by atomic mass is 19.3. The minimum absolute atomic E-state index is 0.166. The predicted octanol–water partition coefficient (Wildman–Crippen LogP) is 4.48. The SMILES string of the molecule is Cc1ncc(NCC2CCOC2)c(N[C@H](C)c2cccc(C(F)F)c2F)n1. The highest BCUT2D eigenvalue weighted by Crippen LogP contribution is 2.30. The van der Waals surface area contributed by atoms with E-state index in [9.17, 15) is 13.2 Å². The molecule has 0 aliphatic carbocycles. The molecule has 2 aromatic rings. The first kappa shape index (κ1) is 19.4. The van der Waals surface area contributed by atoms with Crippen LogP contribution in [-0.4, -0.2) is 29.7 Å². The maximum atomic E-state index is 14.4. The number of nitrogens with one attached hydrogen (secondary N) is 2. The van der Waals surface area contributed by atoms with Crippen molar-refractivity contribution in [2.75, 3.05) is 30.4 Å². The second kappa shape index (κ2) is 8.56. The third kappa shape index (κ3) is 4.68. The summed E-state index contributed by atoms with van der Waals surface area (Å²) < 4.78 is 45.7. The van der Waals surface area contributed by atoms with Crippen LogP contribution in [0.15, 0.2) is 24.4 Å². The first-order valence-electron chi connectivity index (χ1n) is 8.94. The molecule has 146 valence electrons. The Morgan fingerprint density at radius 3 is 2.78 bits per heavy atom. The molecule has 1 aliphatic rings. The minimum atomic E-state index is -2.86. The largest absolute Gasteiger partial charge is 0.381 e. The fourth-order valence-corrected chi connectivity index (χ4v) is 3.06. The summed E-state index contributed by atoms with van der Waals surface area (Å²) in [4.78, 5) is 8.59. The fraction of sp³-hybridized carbons (Fsp3) is 0.474. The smallest absolute Gasteiger partial charge is 0.266 e. The molecule has 0 radical (unpaired) electrons. The number of benzene rings is 1. The van der Waals surface area contributed by atoms with Gasteiger partial charge in [0.1, 0.15) is 11.6 Å². The van der Waals surface area contributed by atoms with E-state index in [4.69, 9.17) is 4.74 Å². The van der Waals surface area contributed by atoms with Crippen LogP contribution in [0.1, 0.15) is 42.8 Å². The van der Waals surface area contributed by atoms with Gasteiger partial charge in [-0.2, -0.15) is 0 Å². The number of hydrogen-bond acceptors (Lipinski definition) is 5. The quantitative estimate of drug-likeness (QED) is 0.742. The number of anilines is 2. The Morgan fingerprint density at radius 1 is 1.30 bits per heavy atom. The molecule has 0 amide bonds. The summed E-state index contributed by atoms with van der Waals surface area (Å²) >= 11 is 0. The average Bonchev–Trinajstić information content (AvgIpc) is 3.14. The Kier molecular flexibility index (Phi) is 6.15. The number of rotatable bonds is 7. The number of ether oxygens (including phenoxy) is 1. The Balaban J connectivity index is 1.78. The lowest BCUT2D eigenvalue weighted by Gasteiger charge is -2.20. The maximum Gasteiger partial charge on any atom is 0.266 e. The number of halogens is 3. The summed E-state index contributed by atoms with van der Waals surface area (Å²) in [6.07, 6.45) is -0.201. The maximum absolute atomic E-state index is 14.4. The molecule has 1 saturated heterocycles. The van der Waals surface area contributed by atoms with E-state index >= 15 is 0 Å². The van der Waals surface area contributed by atoms with E-state index in [1.54, 1.807) is 20.0 Å². The van der Waals surface area contributed by atoms with Gasteiger partial charge in [-0.1, -0.05) is 18.2 Å². The second-order valence-electron chi connectivity index (χ2n) is 6.71. The van der Waals surface area contributed by atoms with E-state index < -0.39 is 23.8 Å². The number of aromatic nitrogens is 2. The molecule has 1 aromatic heterocycles. The van der Waals surface area contributed by atoms with E-state index in [-0.39, 0.29) is 5.56 Å². The Morgan fingerprint density at radius 2 is 2.07 bits per heavy atom. The molecule has 8 heteroatoms. The summed E-state index contributed by atoms with van der Waals surface area (Å²) in [6.45, 7) is 5.65. The molecule has 0 spiro atoms. The number of hydrogen-bond donors (Lipinski definition) is 2. The van der Waals surface area contributed by atoms with Gasteiger partial charge in [-0.25, -0.2) is 23.1 Å². The van der Waals surface area contributed by atoms with Crippen LogP contribution in [0.4, 0.5) is 24.7 Å². The first-order valence-corrected chi connectivity index (χ1v) is 8.94. The summed E-state index contributed by atoms with van der Waals surface area (Å²) in [5, 5.41) is 6.42. The zero-order valence-electron chi connectivity index (χ0n) is 15.3. The van der Waals surface area contributed by atoms with Crippen molar-refractivity contribution in [3.63, 3.8) is 0 Å². The third-order valence-electron chi connectivity index (χ3n) is 4.63. The highest BCUT2D eigenvalue weighted by Gasteiger charge is 2.21. The molecule has 0 bridgehead atoms. The number of aryl methyl sites for hydroxylation is 1. The van der Waals surface area contributed by atoms with Crippen LogP contribution < -0.4 is 10.6 Å². The highest BCUT2D eigenvalue weighted by molar-refractivity contribution is 5.63. The van der Waals surface area contributed by atoms with Gasteiger partial charge in [-0.3, -0.25) is 0 Å². The molecule has 3 rings (SSSR count). The van der Waals surface area contributed by atoms with Crippen molar-refractivity contribution in [3.05, 3.63) is 47.2 Å². The van der Waals surface area contributed by atoms with Crippen LogP contribution in [0.25, 0.3) is 0 Å². The third-order valence-corrected chi connectivity index (χ3v) is 4.63. The summed E-state index contributed by atoms with van der Waals surface area (Å²) in [6, 6.07) is 3.48. The van der Waals surface area contributed by atoms with Crippen molar-refractivity contribution >= 4 is 11.5 Å². The van der Waals surface area contributed by atoms with Crippen LogP contribution in [0, 0.1) is 18.7 Å². The van der Waals surface area contributed by atoms with Crippen LogP contribution in [-0.2, 0) is 4.74 Å². The minimum Gasteiger partial charge on any atom is -0.381 e. The molecule has 2 heterocycles. The van der Waals surface area contributed by atoms with E-state index in [2.05, 4.69) is 20.6 Å². The van der Waals surface area contributed by atoms with E-state index in [0.717, 1.165) is 19.1 Å². The molecule has 1 aliphatic heterocycles. The molecule has 27 heavy (non-hydrogen) atoms. The van der Waals surface area contributed by atoms with Crippen LogP contribution in [0.3, 0.4) is 0 Å². The van der Waals surface area contributed by atoms with Crippen LogP contribution in [0.5, 0.6) is 0 Å². The number of nitrogens with zero attached hydrogens (tertiary/aromatic N) is 2. The topological polar surface area (TPSA) is 59.1 Å². The summed E-state index contributed by atoms with van der Waals surface area (Å²) in [7, 11) is 0. The normalized spacial score (nSPS) is 17.9. The van der Waals surface area contributed by atoms with Crippen molar-refractivity contribution in [2.24, 2.45) is 5.92 Å². The van der Waals surface area contributed by atoms with Gasteiger partial charge in [-0.15, -0.1) is 0 Å². The molecule has 1 unspecified atom stereocenters. The van der Waals surface area contributed by atoms with Crippen LogP contribution in [0.2, 0.25) is 0 Å². The van der Waals surface area contributed by atoms with Gasteiger partial charge in [-0.05, 0) is 20.3 Å². The zero-order valence-corrected chi connectivity index (χ0v) is 15.3. The second-order valence-corrected chi connectivity index (χ2v) is 6.71. The monoisotopic (exact) mass is 380 g/mol. The standard InChI is InChI=1S/C19H23F3N4O/c1-11(14-4-3-5-15(17(14)20)18(21)22)25-19-16(9-23-12(2)26-19)24-8-13-6-7-27-10-13/h3-5,9,11,13,18,24H,6-8,10H2,1-2H3,(H,23,25,26)/t11-,13?/m1/s1. The van der Waals surface area contributed by atoms with Gasteiger partial charge in [0.15, 0.2) is 5.82 Å². The lowest BCUT2D eigenvalue weighted by molar-refractivity contribution is 0.146. The molecular formula is C19H23F3N4O. The van der Waals surface area contributed by atoms with E-state index in [1.165, 1.54) is 12.1 Å². The van der Waals surface area contributed by atoms with Crippen molar-refractivity contribution in [1.29, 1.82) is 0 Å². The van der Waals surface area contributed by atoms with Gasteiger partial charge in [0, 0.05) is 24.6 Å². The van der Waals surface area contributed by atoms with Gasteiger partial charge >= 0.3 is 0 Å². The summed E-state index contributed by atoms with van der Waals surface area (Å²) in [5.74, 6) is 0.588. The molecule has 2 atom stereocenters. The Hall–Kier alpha value is -2.35. The van der Waals surface area contributed by atoms with Crippen LogP contribution >= 0.6 is 0 Å². The Bertz CT molecular complexity index is 782. The molecule has 5 nitrogen and oxygen atoms in total. The molecule has 1 aromatic carbocycles. The summed E-state index contributed by atoms with van der Waals surface area (Å²) in [5.41, 5.74) is 0.253. The van der Waals surface area contributed by atoms with Crippen molar-refractivity contribution in [3.8, 4) is 0 Å². The molecule has 2 N–H and O–H groups in total. The molecule has 0 saturated carbocycles. The van der Waals surface area contributed by atoms with Gasteiger partial charge in [0.05, 0.1) is 30.1 Å². The average molecular weight is 380 g/mol. The first-order chi connectivity index (χ1) is 13.0.